The highest BCUT2D eigenvalue weighted by molar-refractivity contribution is 7.14. The number of halogens is 1. The predicted molar refractivity (Wildman–Crippen MR) is 131 cm³/mol. The van der Waals surface area contributed by atoms with Crippen LogP contribution in [0.5, 0.6) is 0 Å². The molecular formula is C25H28FN5OS. The van der Waals surface area contributed by atoms with E-state index in [1.54, 1.807) is 23.5 Å². The molecule has 2 aliphatic rings. The van der Waals surface area contributed by atoms with Crippen LogP contribution in [0, 0.1) is 5.82 Å². The number of carbonyl (C=O) groups is 1. The van der Waals surface area contributed by atoms with Gasteiger partial charge in [0.05, 0.1) is 12.2 Å². The Bertz CT molecular complexity index is 1060. The molecule has 6 nitrogen and oxygen atoms in total. The fourth-order valence-corrected chi connectivity index (χ4v) is 5.29. The molecule has 0 spiro atoms. The summed E-state index contributed by atoms with van der Waals surface area (Å²) in [5.74, 6) is -0.0121. The van der Waals surface area contributed by atoms with E-state index < -0.39 is 0 Å². The average molecular weight is 466 g/mol. The van der Waals surface area contributed by atoms with Gasteiger partial charge in [-0.3, -0.25) is 9.69 Å². The first-order chi connectivity index (χ1) is 16.2. The van der Waals surface area contributed by atoms with E-state index in [1.165, 1.54) is 17.8 Å². The van der Waals surface area contributed by atoms with Crippen molar-refractivity contribution in [1.82, 2.24) is 14.8 Å². The molecule has 0 atom stereocenters. The molecule has 2 aliphatic heterocycles. The highest BCUT2D eigenvalue weighted by Crippen LogP contribution is 2.28. The van der Waals surface area contributed by atoms with Gasteiger partial charge in [0.25, 0.3) is 0 Å². The summed E-state index contributed by atoms with van der Waals surface area (Å²) in [6, 6.07) is 16.8. The number of aromatic nitrogens is 1. The van der Waals surface area contributed by atoms with Crippen molar-refractivity contribution in [3.8, 4) is 11.3 Å². The number of para-hydroxylation sites is 1. The zero-order chi connectivity index (χ0) is 22.6. The molecule has 2 saturated heterocycles. The van der Waals surface area contributed by atoms with Gasteiger partial charge in [-0.05, 0) is 36.4 Å². The van der Waals surface area contributed by atoms with Crippen molar-refractivity contribution in [2.24, 2.45) is 0 Å². The van der Waals surface area contributed by atoms with E-state index in [1.807, 2.05) is 16.3 Å². The first-order valence-electron chi connectivity index (χ1n) is 11.4. The standard InChI is InChI=1S/C25H28FN5OS/c26-21-8-6-20(7-9-21)23-19-33-25(27-23)31-12-10-28(11-13-31)18-24(32)30-16-14-29(15-17-30)22-4-2-1-3-5-22/h1-9,19H,10-18H2. The lowest BCUT2D eigenvalue weighted by molar-refractivity contribution is -0.132. The smallest absolute Gasteiger partial charge is 0.236 e. The predicted octanol–water partition coefficient (Wildman–Crippen LogP) is 3.42. The highest BCUT2D eigenvalue weighted by atomic mass is 32.1. The molecule has 3 aromatic rings. The molecule has 8 heteroatoms. The topological polar surface area (TPSA) is 42.9 Å². The minimum absolute atomic E-state index is 0.226. The normalized spacial score (nSPS) is 17.4. The van der Waals surface area contributed by atoms with Crippen molar-refractivity contribution in [2.45, 2.75) is 0 Å². The van der Waals surface area contributed by atoms with Crippen molar-refractivity contribution in [2.75, 3.05) is 68.7 Å². The molecule has 33 heavy (non-hydrogen) atoms. The first kappa shape index (κ1) is 21.9. The second-order valence-corrected chi connectivity index (χ2v) is 9.33. The molecule has 1 amide bonds. The van der Waals surface area contributed by atoms with Gasteiger partial charge in [-0.1, -0.05) is 18.2 Å². The summed E-state index contributed by atoms with van der Waals surface area (Å²) >= 11 is 1.61. The number of hydrogen-bond donors (Lipinski definition) is 0. The summed E-state index contributed by atoms with van der Waals surface area (Å²) in [5, 5.41) is 3.01. The van der Waals surface area contributed by atoms with Crippen LogP contribution in [0.15, 0.2) is 60.0 Å². The summed E-state index contributed by atoms with van der Waals surface area (Å²) in [4.78, 5) is 26.5. The Morgan fingerprint density at radius 1 is 0.848 bits per heavy atom. The minimum Gasteiger partial charge on any atom is -0.368 e. The molecule has 2 aromatic carbocycles. The number of carbonyl (C=O) groups excluding carboxylic acids is 1. The van der Waals surface area contributed by atoms with Gasteiger partial charge in [-0.25, -0.2) is 9.37 Å². The molecule has 172 valence electrons. The summed E-state index contributed by atoms with van der Waals surface area (Å²) in [6.07, 6.45) is 0. The molecule has 0 bridgehead atoms. The third-order valence-corrected chi connectivity index (χ3v) is 7.29. The summed E-state index contributed by atoms with van der Waals surface area (Å²) < 4.78 is 13.2. The molecule has 0 radical (unpaired) electrons. The van der Waals surface area contributed by atoms with Gasteiger partial charge in [0.15, 0.2) is 5.13 Å². The van der Waals surface area contributed by atoms with E-state index in [2.05, 4.69) is 39.0 Å². The maximum Gasteiger partial charge on any atom is 0.236 e. The van der Waals surface area contributed by atoms with Gasteiger partial charge in [-0.15, -0.1) is 11.3 Å². The lowest BCUT2D eigenvalue weighted by atomic mass is 10.2. The largest absolute Gasteiger partial charge is 0.368 e. The number of rotatable bonds is 5. The van der Waals surface area contributed by atoms with Gasteiger partial charge in [0.2, 0.25) is 5.91 Å². The number of amides is 1. The van der Waals surface area contributed by atoms with Crippen LogP contribution in [0.2, 0.25) is 0 Å². The Kier molecular flexibility index (Phi) is 6.55. The van der Waals surface area contributed by atoms with Crippen molar-refractivity contribution in [3.63, 3.8) is 0 Å². The van der Waals surface area contributed by atoms with Crippen LogP contribution in [0.25, 0.3) is 11.3 Å². The van der Waals surface area contributed by atoms with Crippen LogP contribution < -0.4 is 9.80 Å². The Morgan fingerprint density at radius 3 is 2.21 bits per heavy atom. The van der Waals surface area contributed by atoms with E-state index in [4.69, 9.17) is 4.98 Å². The van der Waals surface area contributed by atoms with Gasteiger partial charge < -0.3 is 14.7 Å². The summed E-state index contributed by atoms with van der Waals surface area (Å²) in [7, 11) is 0. The Morgan fingerprint density at radius 2 is 1.52 bits per heavy atom. The van der Waals surface area contributed by atoms with Crippen LogP contribution in [-0.4, -0.2) is 79.6 Å². The summed E-state index contributed by atoms with van der Waals surface area (Å²) in [5.41, 5.74) is 3.03. The SMILES string of the molecule is O=C(CN1CCN(c2nc(-c3ccc(F)cc3)cs2)CC1)N1CCN(c2ccccc2)CC1. The molecule has 2 fully saturated rings. The van der Waals surface area contributed by atoms with E-state index in [9.17, 15) is 9.18 Å². The van der Waals surface area contributed by atoms with Crippen molar-refractivity contribution in [1.29, 1.82) is 0 Å². The fourth-order valence-electron chi connectivity index (χ4n) is 4.40. The average Bonchev–Trinajstić information content (AvgIpc) is 3.36. The highest BCUT2D eigenvalue weighted by Gasteiger charge is 2.25. The number of benzene rings is 2. The van der Waals surface area contributed by atoms with Crippen LogP contribution in [0.1, 0.15) is 0 Å². The quantitative estimate of drug-likeness (QED) is 0.578. The lowest BCUT2D eigenvalue weighted by Gasteiger charge is -2.38. The van der Waals surface area contributed by atoms with Crippen LogP contribution in [-0.2, 0) is 4.79 Å². The molecule has 0 saturated carbocycles. The second kappa shape index (κ2) is 9.89. The number of hydrogen-bond acceptors (Lipinski definition) is 6. The van der Waals surface area contributed by atoms with Gasteiger partial charge >= 0.3 is 0 Å². The monoisotopic (exact) mass is 465 g/mol. The molecule has 1 aromatic heterocycles. The zero-order valence-electron chi connectivity index (χ0n) is 18.6. The van der Waals surface area contributed by atoms with Gasteiger partial charge in [0.1, 0.15) is 5.82 Å². The van der Waals surface area contributed by atoms with Crippen molar-refractivity contribution >= 4 is 28.1 Å². The van der Waals surface area contributed by atoms with E-state index >= 15 is 0 Å². The van der Waals surface area contributed by atoms with E-state index in [0.717, 1.165) is 68.7 Å². The first-order valence-corrected chi connectivity index (χ1v) is 12.3. The lowest BCUT2D eigenvalue weighted by Crippen LogP contribution is -2.54. The number of thiazole rings is 1. The third-order valence-electron chi connectivity index (χ3n) is 6.39. The maximum atomic E-state index is 13.2. The van der Waals surface area contributed by atoms with Gasteiger partial charge in [0, 0.05) is 69.0 Å². The Balaban J connectivity index is 1.09. The number of nitrogens with zero attached hydrogens (tertiary/aromatic N) is 5. The van der Waals surface area contributed by atoms with E-state index in [-0.39, 0.29) is 11.7 Å². The van der Waals surface area contributed by atoms with Crippen molar-refractivity contribution in [3.05, 3.63) is 65.8 Å². The van der Waals surface area contributed by atoms with Crippen LogP contribution in [0.4, 0.5) is 15.2 Å². The number of anilines is 2. The zero-order valence-corrected chi connectivity index (χ0v) is 19.4. The molecule has 0 N–H and O–H groups in total. The molecule has 0 unspecified atom stereocenters. The van der Waals surface area contributed by atoms with Gasteiger partial charge in [-0.2, -0.15) is 0 Å². The Labute approximate surface area is 197 Å². The second-order valence-electron chi connectivity index (χ2n) is 8.49. The maximum absolute atomic E-state index is 13.2. The number of piperazine rings is 2. The van der Waals surface area contributed by atoms with Crippen LogP contribution in [0.3, 0.4) is 0 Å². The fraction of sp³-hybridized carbons (Fsp3) is 0.360. The van der Waals surface area contributed by atoms with Crippen molar-refractivity contribution < 1.29 is 9.18 Å². The van der Waals surface area contributed by atoms with Crippen LogP contribution >= 0.6 is 11.3 Å². The van der Waals surface area contributed by atoms with E-state index in [0.29, 0.717) is 6.54 Å². The summed E-state index contributed by atoms with van der Waals surface area (Å²) in [6.45, 7) is 7.20. The molecular weight excluding hydrogens is 437 g/mol. The third kappa shape index (κ3) is 5.17. The minimum atomic E-state index is -0.238. The molecule has 0 aliphatic carbocycles. The molecule has 3 heterocycles. The molecule has 5 rings (SSSR count). The Hall–Kier alpha value is -2.97.